The molecular formula is C19H32N4. The largest absolute Gasteiger partial charge is 0.357 e. The van der Waals surface area contributed by atoms with Gasteiger partial charge in [-0.25, -0.2) is 0 Å². The zero-order valence-electron chi connectivity index (χ0n) is 15.0. The smallest absolute Gasteiger partial charge is 0.191 e. The first-order chi connectivity index (χ1) is 11.1. The number of hydrogen-bond acceptors (Lipinski definition) is 2. The number of guanidine groups is 1. The van der Waals surface area contributed by atoms with Crippen LogP contribution in [0.1, 0.15) is 38.2 Å². The van der Waals surface area contributed by atoms with Crippen LogP contribution in [-0.2, 0) is 0 Å². The minimum Gasteiger partial charge on any atom is -0.357 e. The minimum absolute atomic E-state index is 0.466. The Morgan fingerprint density at radius 1 is 1.22 bits per heavy atom. The van der Waals surface area contributed by atoms with E-state index in [9.17, 15) is 0 Å². The van der Waals surface area contributed by atoms with Gasteiger partial charge in [-0.05, 0) is 51.3 Å². The lowest BCUT2D eigenvalue weighted by Gasteiger charge is -2.23. The van der Waals surface area contributed by atoms with E-state index in [2.05, 4.69) is 73.8 Å². The number of nitrogens with zero attached hydrogens (tertiary/aromatic N) is 2. The minimum atomic E-state index is 0.466. The van der Waals surface area contributed by atoms with Crippen molar-refractivity contribution in [3.63, 3.8) is 0 Å². The lowest BCUT2D eigenvalue weighted by atomic mass is 10.0. The second-order valence-electron chi connectivity index (χ2n) is 6.78. The van der Waals surface area contributed by atoms with E-state index in [4.69, 9.17) is 4.99 Å². The molecule has 128 valence electrons. The summed E-state index contributed by atoms with van der Waals surface area (Å²) < 4.78 is 0. The molecule has 1 fully saturated rings. The summed E-state index contributed by atoms with van der Waals surface area (Å²) in [4.78, 5) is 7.13. The standard InChI is InChI=1S/C19H32N4/c1-5-20-19(22-14-18(23(3)4)17-11-12-17)21-13-15(2)16-9-7-6-8-10-16/h6-10,15,17-18H,5,11-14H2,1-4H3,(H2,20,21,22). The van der Waals surface area contributed by atoms with Gasteiger partial charge < -0.3 is 15.5 Å². The Labute approximate surface area is 141 Å². The van der Waals surface area contributed by atoms with Crippen LogP contribution in [-0.4, -0.2) is 50.6 Å². The van der Waals surface area contributed by atoms with Crippen molar-refractivity contribution in [2.24, 2.45) is 10.9 Å². The first-order valence-electron chi connectivity index (χ1n) is 8.85. The fraction of sp³-hybridized carbons (Fsp3) is 0.632. The highest BCUT2D eigenvalue weighted by atomic mass is 15.2. The summed E-state index contributed by atoms with van der Waals surface area (Å²) in [5.74, 6) is 2.23. The molecule has 0 heterocycles. The molecule has 2 rings (SSSR count). The average molecular weight is 316 g/mol. The molecule has 0 aromatic heterocycles. The highest BCUT2D eigenvalue weighted by molar-refractivity contribution is 5.79. The summed E-state index contributed by atoms with van der Waals surface area (Å²) in [5, 5.41) is 6.86. The Bertz CT molecular complexity index is 477. The van der Waals surface area contributed by atoms with E-state index in [0.717, 1.165) is 31.5 Å². The van der Waals surface area contributed by atoms with Crippen LogP contribution in [0, 0.1) is 5.92 Å². The highest BCUT2D eigenvalue weighted by Gasteiger charge is 2.32. The van der Waals surface area contributed by atoms with Gasteiger partial charge in [0.05, 0.1) is 6.54 Å². The fourth-order valence-corrected chi connectivity index (χ4v) is 2.89. The third kappa shape index (κ3) is 5.87. The van der Waals surface area contributed by atoms with Gasteiger partial charge >= 0.3 is 0 Å². The Hall–Kier alpha value is -1.55. The van der Waals surface area contributed by atoms with E-state index >= 15 is 0 Å². The Kier molecular flexibility index (Phi) is 6.90. The number of likely N-dealkylation sites (N-methyl/N-ethyl adjacent to an activating group) is 1. The van der Waals surface area contributed by atoms with Gasteiger partial charge in [-0.3, -0.25) is 4.99 Å². The Morgan fingerprint density at radius 2 is 1.91 bits per heavy atom. The molecule has 1 aromatic rings. The highest BCUT2D eigenvalue weighted by Crippen LogP contribution is 2.34. The van der Waals surface area contributed by atoms with Crippen LogP contribution in [0.4, 0.5) is 0 Å². The molecule has 0 aliphatic heterocycles. The van der Waals surface area contributed by atoms with Gasteiger partial charge in [-0.2, -0.15) is 0 Å². The average Bonchev–Trinajstić information content (AvgIpc) is 3.37. The molecule has 1 aromatic carbocycles. The van der Waals surface area contributed by atoms with Gasteiger partial charge in [-0.15, -0.1) is 0 Å². The van der Waals surface area contributed by atoms with Crippen LogP contribution in [0.15, 0.2) is 35.3 Å². The lowest BCUT2D eigenvalue weighted by Crippen LogP contribution is -2.41. The monoisotopic (exact) mass is 316 g/mol. The van der Waals surface area contributed by atoms with Crippen LogP contribution in [0.5, 0.6) is 0 Å². The summed E-state index contributed by atoms with van der Waals surface area (Å²) in [6.07, 6.45) is 2.71. The predicted molar refractivity (Wildman–Crippen MR) is 99.0 cm³/mol. The summed E-state index contributed by atoms with van der Waals surface area (Å²) in [6, 6.07) is 11.2. The molecule has 2 atom stereocenters. The van der Waals surface area contributed by atoms with E-state index in [1.165, 1.54) is 18.4 Å². The molecule has 0 bridgehead atoms. The topological polar surface area (TPSA) is 39.7 Å². The predicted octanol–water partition coefficient (Wildman–Crippen LogP) is 2.69. The number of aliphatic imine (C=N–C) groups is 1. The van der Waals surface area contributed by atoms with Crippen LogP contribution in [0.3, 0.4) is 0 Å². The molecule has 2 unspecified atom stereocenters. The van der Waals surface area contributed by atoms with Crippen LogP contribution < -0.4 is 10.6 Å². The summed E-state index contributed by atoms with van der Waals surface area (Å²) in [6.45, 7) is 7.01. The quantitative estimate of drug-likeness (QED) is 0.572. The number of nitrogens with one attached hydrogen (secondary N) is 2. The van der Waals surface area contributed by atoms with E-state index in [-0.39, 0.29) is 0 Å². The molecule has 23 heavy (non-hydrogen) atoms. The first-order valence-corrected chi connectivity index (χ1v) is 8.85. The van der Waals surface area contributed by atoms with Crippen molar-refractivity contribution in [1.82, 2.24) is 15.5 Å². The third-order valence-corrected chi connectivity index (χ3v) is 4.55. The van der Waals surface area contributed by atoms with Gasteiger partial charge in [0.2, 0.25) is 0 Å². The maximum atomic E-state index is 4.81. The zero-order chi connectivity index (χ0) is 16.7. The van der Waals surface area contributed by atoms with Crippen LogP contribution >= 0.6 is 0 Å². The van der Waals surface area contributed by atoms with Crippen molar-refractivity contribution in [2.45, 2.75) is 38.6 Å². The Morgan fingerprint density at radius 3 is 2.48 bits per heavy atom. The van der Waals surface area contributed by atoms with E-state index in [0.29, 0.717) is 12.0 Å². The molecule has 1 aliphatic rings. The van der Waals surface area contributed by atoms with Crippen molar-refractivity contribution >= 4 is 5.96 Å². The van der Waals surface area contributed by atoms with Crippen molar-refractivity contribution < 1.29 is 0 Å². The molecule has 0 spiro atoms. The first kappa shape index (κ1) is 17.8. The summed E-state index contributed by atoms with van der Waals surface area (Å²) in [7, 11) is 4.33. The van der Waals surface area contributed by atoms with Crippen molar-refractivity contribution in [3.05, 3.63) is 35.9 Å². The van der Waals surface area contributed by atoms with E-state index < -0.39 is 0 Å². The van der Waals surface area contributed by atoms with Gasteiger partial charge in [0.15, 0.2) is 5.96 Å². The maximum Gasteiger partial charge on any atom is 0.191 e. The van der Waals surface area contributed by atoms with E-state index in [1.807, 2.05) is 0 Å². The van der Waals surface area contributed by atoms with Crippen LogP contribution in [0.25, 0.3) is 0 Å². The van der Waals surface area contributed by atoms with E-state index in [1.54, 1.807) is 0 Å². The molecule has 2 N–H and O–H groups in total. The normalized spacial score (nSPS) is 17.9. The molecule has 0 saturated heterocycles. The molecule has 0 amide bonds. The molecule has 0 radical (unpaired) electrons. The number of hydrogen-bond donors (Lipinski definition) is 2. The molecule has 1 aliphatic carbocycles. The lowest BCUT2D eigenvalue weighted by molar-refractivity contribution is 0.271. The molecule has 4 heteroatoms. The molecule has 4 nitrogen and oxygen atoms in total. The fourth-order valence-electron chi connectivity index (χ4n) is 2.89. The zero-order valence-corrected chi connectivity index (χ0v) is 15.0. The van der Waals surface area contributed by atoms with Gasteiger partial charge in [0, 0.05) is 19.1 Å². The Balaban J connectivity index is 1.88. The molecular weight excluding hydrogens is 284 g/mol. The van der Waals surface area contributed by atoms with Crippen molar-refractivity contribution in [2.75, 3.05) is 33.7 Å². The van der Waals surface area contributed by atoms with Gasteiger partial charge in [-0.1, -0.05) is 37.3 Å². The second-order valence-corrected chi connectivity index (χ2v) is 6.78. The third-order valence-electron chi connectivity index (χ3n) is 4.55. The SMILES string of the molecule is CCNC(=NCC(C1CC1)N(C)C)NCC(C)c1ccccc1. The number of rotatable bonds is 8. The summed E-state index contributed by atoms with van der Waals surface area (Å²) in [5.41, 5.74) is 1.36. The van der Waals surface area contributed by atoms with Crippen molar-refractivity contribution in [3.8, 4) is 0 Å². The summed E-state index contributed by atoms with van der Waals surface area (Å²) >= 11 is 0. The maximum absolute atomic E-state index is 4.81. The molecule has 1 saturated carbocycles. The number of benzene rings is 1. The van der Waals surface area contributed by atoms with Crippen LogP contribution in [0.2, 0.25) is 0 Å². The van der Waals surface area contributed by atoms with Crippen molar-refractivity contribution in [1.29, 1.82) is 0 Å². The second kappa shape index (κ2) is 8.92. The van der Waals surface area contributed by atoms with Gasteiger partial charge in [0.1, 0.15) is 0 Å². The van der Waals surface area contributed by atoms with Gasteiger partial charge in [0.25, 0.3) is 0 Å².